The molecule has 0 saturated carbocycles. The van der Waals surface area contributed by atoms with Gasteiger partial charge in [-0.2, -0.15) is 0 Å². The van der Waals surface area contributed by atoms with Crippen LogP contribution >= 0.6 is 12.2 Å². The summed E-state index contributed by atoms with van der Waals surface area (Å²) >= 11 is 5.24. The molecule has 1 rings (SSSR count). The topological polar surface area (TPSA) is 38.3 Å². The number of para-hydroxylation sites is 1. The third-order valence-electron chi connectivity index (χ3n) is 2.27. The molecule has 0 aromatic heterocycles. The van der Waals surface area contributed by atoms with E-state index in [1.54, 1.807) is 6.92 Å². The minimum Gasteiger partial charge on any atom is -0.466 e. The predicted octanol–water partition coefficient (Wildman–Crippen LogP) is 3.02. The van der Waals surface area contributed by atoms with Crippen LogP contribution in [0, 0.1) is 5.92 Å². The SMILES string of the molecule is CCOC(=O)CC(C)C(=S)Nc1ccccc1. The van der Waals surface area contributed by atoms with Crippen molar-refractivity contribution in [2.75, 3.05) is 11.9 Å². The maximum absolute atomic E-state index is 11.3. The van der Waals surface area contributed by atoms with Gasteiger partial charge in [0.05, 0.1) is 18.0 Å². The van der Waals surface area contributed by atoms with Crippen molar-refractivity contribution in [3.63, 3.8) is 0 Å². The van der Waals surface area contributed by atoms with Gasteiger partial charge in [-0.3, -0.25) is 4.79 Å². The Balaban J connectivity index is 2.45. The van der Waals surface area contributed by atoms with Crippen molar-refractivity contribution in [1.82, 2.24) is 0 Å². The Labute approximate surface area is 107 Å². The molecule has 1 atom stereocenters. The van der Waals surface area contributed by atoms with Gasteiger partial charge in [-0.05, 0) is 19.1 Å². The molecule has 92 valence electrons. The monoisotopic (exact) mass is 251 g/mol. The van der Waals surface area contributed by atoms with E-state index < -0.39 is 0 Å². The average Bonchev–Trinajstić information content (AvgIpc) is 2.30. The smallest absolute Gasteiger partial charge is 0.306 e. The van der Waals surface area contributed by atoms with Gasteiger partial charge in [-0.25, -0.2) is 0 Å². The van der Waals surface area contributed by atoms with Crippen molar-refractivity contribution < 1.29 is 9.53 Å². The molecule has 0 aliphatic carbocycles. The van der Waals surface area contributed by atoms with E-state index in [9.17, 15) is 4.79 Å². The van der Waals surface area contributed by atoms with Crippen molar-refractivity contribution in [1.29, 1.82) is 0 Å². The third-order valence-corrected chi connectivity index (χ3v) is 2.77. The largest absolute Gasteiger partial charge is 0.466 e. The van der Waals surface area contributed by atoms with Gasteiger partial charge in [0.1, 0.15) is 0 Å². The number of carbonyl (C=O) groups excluding carboxylic acids is 1. The van der Waals surface area contributed by atoms with Crippen molar-refractivity contribution in [3.8, 4) is 0 Å². The van der Waals surface area contributed by atoms with Gasteiger partial charge in [0.2, 0.25) is 0 Å². The number of anilines is 1. The molecule has 0 amide bonds. The molecular weight excluding hydrogens is 234 g/mol. The Kier molecular flexibility index (Phi) is 5.63. The lowest BCUT2D eigenvalue weighted by atomic mass is 10.1. The van der Waals surface area contributed by atoms with Gasteiger partial charge in [0.25, 0.3) is 0 Å². The number of hydrogen-bond acceptors (Lipinski definition) is 3. The number of benzene rings is 1. The maximum Gasteiger partial charge on any atom is 0.306 e. The Bertz CT molecular complexity index is 378. The molecule has 1 aromatic rings. The van der Waals surface area contributed by atoms with E-state index in [0.717, 1.165) is 5.69 Å². The Morgan fingerprint density at radius 2 is 2.06 bits per heavy atom. The first-order chi connectivity index (χ1) is 8.13. The molecule has 0 fully saturated rings. The fourth-order valence-corrected chi connectivity index (χ4v) is 1.55. The van der Waals surface area contributed by atoms with Crippen LogP contribution in [0.5, 0.6) is 0 Å². The van der Waals surface area contributed by atoms with E-state index in [1.165, 1.54) is 0 Å². The molecule has 0 spiro atoms. The highest BCUT2D eigenvalue weighted by molar-refractivity contribution is 7.80. The zero-order chi connectivity index (χ0) is 12.7. The minimum atomic E-state index is -0.211. The second-order valence-corrected chi connectivity index (χ2v) is 4.21. The summed E-state index contributed by atoms with van der Waals surface area (Å²) < 4.78 is 4.89. The molecule has 0 bridgehead atoms. The second kappa shape index (κ2) is 7.01. The van der Waals surface area contributed by atoms with E-state index in [1.807, 2.05) is 37.3 Å². The van der Waals surface area contributed by atoms with Crippen LogP contribution in [0.1, 0.15) is 20.3 Å². The lowest BCUT2D eigenvalue weighted by Gasteiger charge is -2.14. The zero-order valence-corrected chi connectivity index (χ0v) is 10.9. The molecule has 0 heterocycles. The maximum atomic E-state index is 11.3. The molecule has 3 nitrogen and oxygen atoms in total. The van der Waals surface area contributed by atoms with Gasteiger partial charge in [0.15, 0.2) is 0 Å². The van der Waals surface area contributed by atoms with Crippen LogP contribution in [0.3, 0.4) is 0 Å². The quantitative estimate of drug-likeness (QED) is 0.645. The second-order valence-electron chi connectivity index (χ2n) is 3.77. The predicted molar refractivity (Wildman–Crippen MR) is 73.1 cm³/mol. The highest BCUT2D eigenvalue weighted by Crippen LogP contribution is 2.11. The molecule has 17 heavy (non-hydrogen) atoms. The van der Waals surface area contributed by atoms with Crippen LogP contribution in [0.25, 0.3) is 0 Å². The number of hydrogen-bond donors (Lipinski definition) is 1. The van der Waals surface area contributed by atoms with Gasteiger partial charge in [-0.15, -0.1) is 0 Å². The number of ether oxygens (including phenoxy) is 1. The molecule has 0 aliphatic heterocycles. The third kappa shape index (κ3) is 4.95. The summed E-state index contributed by atoms with van der Waals surface area (Å²) in [4.78, 5) is 12.0. The van der Waals surface area contributed by atoms with Crippen LogP contribution in [0.2, 0.25) is 0 Å². The standard InChI is InChI=1S/C13H17NO2S/c1-3-16-12(15)9-10(2)13(17)14-11-7-5-4-6-8-11/h4-8,10H,3,9H2,1-2H3,(H,14,17). The summed E-state index contributed by atoms with van der Waals surface area (Å²) in [5, 5.41) is 3.11. The number of esters is 1. The lowest BCUT2D eigenvalue weighted by Crippen LogP contribution is -2.21. The van der Waals surface area contributed by atoms with E-state index in [4.69, 9.17) is 17.0 Å². The highest BCUT2D eigenvalue weighted by atomic mass is 32.1. The van der Waals surface area contributed by atoms with Crippen LogP contribution in [-0.4, -0.2) is 17.6 Å². The first-order valence-corrected chi connectivity index (χ1v) is 6.05. The van der Waals surface area contributed by atoms with Crippen molar-refractivity contribution >= 4 is 28.9 Å². The Hall–Kier alpha value is -1.42. The summed E-state index contributed by atoms with van der Waals surface area (Å²) in [6, 6.07) is 9.67. The number of thiocarbonyl (C=S) groups is 1. The Morgan fingerprint density at radius 1 is 1.41 bits per heavy atom. The van der Waals surface area contributed by atoms with Crippen molar-refractivity contribution in [2.24, 2.45) is 5.92 Å². The van der Waals surface area contributed by atoms with E-state index in [0.29, 0.717) is 18.0 Å². The summed E-state index contributed by atoms with van der Waals surface area (Å²) in [5.41, 5.74) is 0.938. The first kappa shape index (κ1) is 13.6. The molecule has 1 unspecified atom stereocenters. The average molecular weight is 251 g/mol. The lowest BCUT2D eigenvalue weighted by molar-refractivity contribution is -0.143. The zero-order valence-electron chi connectivity index (χ0n) is 10.1. The molecule has 0 aliphatic rings. The summed E-state index contributed by atoms with van der Waals surface area (Å²) in [6.45, 7) is 4.11. The van der Waals surface area contributed by atoms with Gasteiger partial charge < -0.3 is 10.1 Å². The van der Waals surface area contributed by atoms with Crippen LogP contribution in [-0.2, 0) is 9.53 Å². The first-order valence-electron chi connectivity index (χ1n) is 5.65. The van der Waals surface area contributed by atoms with E-state index in [-0.39, 0.29) is 11.9 Å². The number of rotatable bonds is 5. The summed E-state index contributed by atoms with van der Waals surface area (Å²) in [6.07, 6.45) is 0.312. The molecule has 4 heteroatoms. The fraction of sp³-hybridized carbons (Fsp3) is 0.385. The summed E-state index contributed by atoms with van der Waals surface area (Å²) in [7, 11) is 0. The number of carbonyl (C=O) groups is 1. The van der Waals surface area contributed by atoms with Crippen molar-refractivity contribution in [2.45, 2.75) is 20.3 Å². The minimum absolute atomic E-state index is 0.0238. The number of nitrogens with one attached hydrogen (secondary N) is 1. The van der Waals surface area contributed by atoms with Crippen LogP contribution < -0.4 is 5.32 Å². The summed E-state index contributed by atoms with van der Waals surface area (Å²) in [5.74, 6) is -0.235. The molecule has 1 aromatic carbocycles. The highest BCUT2D eigenvalue weighted by Gasteiger charge is 2.14. The Morgan fingerprint density at radius 3 is 2.65 bits per heavy atom. The van der Waals surface area contributed by atoms with E-state index >= 15 is 0 Å². The molecule has 0 radical (unpaired) electrons. The van der Waals surface area contributed by atoms with Gasteiger partial charge >= 0.3 is 5.97 Å². The van der Waals surface area contributed by atoms with Crippen LogP contribution in [0.15, 0.2) is 30.3 Å². The van der Waals surface area contributed by atoms with E-state index in [2.05, 4.69) is 5.32 Å². The molecule has 1 N–H and O–H groups in total. The molecular formula is C13H17NO2S. The van der Waals surface area contributed by atoms with Crippen LogP contribution in [0.4, 0.5) is 5.69 Å². The van der Waals surface area contributed by atoms with Gasteiger partial charge in [-0.1, -0.05) is 37.3 Å². The van der Waals surface area contributed by atoms with Crippen molar-refractivity contribution in [3.05, 3.63) is 30.3 Å². The normalized spacial score (nSPS) is 11.6. The molecule has 0 saturated heterocycles. The van der Waals surface area contributed by atoms with Gasteiger partial charge in [0, 0.05) is 11.6 Å². The fourth-order valence-electron chi connectivity index (χ4n) is 1.35.